The predicted molar refractivity (Wildman–Crippen MR) is 90.1 cm³/mol. The van der Waals surface area contributed by atoms with E-state index >= 15 is 0 Å². The Balaban J connectivity index is 1.80. The molecule has 0 saturated carbocycles. The van der Waals surface area contributed by atoms with Gasteiger partial charge in [-0.05, 0) is 18.4 Å². The van der Waals surface area contributed by atoms with E-state index in [1.54, 1.807) is 29.8 Å². The third kappa shape index (κ3) is 3.06. The summed E-state index contributed by atoms with van der Waals surface area (Å²) in [6, 6.07) is 3.98. The molecule has 0 aliphatic rings. The second kappa shape index (κ2) is 6.60. The number of nitrogens with one attached hydrogen (secondary N) is 1. The molecule has 0 aliphatic carbocycles. The van der Waals surface area contributed by atoms with Crippen LogP contribution in [0.5, 0.6) is 5.75 Å². The van der Waals surface area contributed by atoms with Crippen molar-refractivity contribution in [3.63, 3.8) is 0 Å². The minimum Gasteiger partial charge on any atom is -0.483 e. The van der Waals surface area contributed by atoms with Gasteiger partial charge in [0, 0.05) is 25.1 Å². The summed E-state index contributed by atoms with van der Waals surface area (Å²) in [5.41, 5.74) is 1.02. The highest BCUT2D eigenvalue weighted by Crippen LogP contribution is 2.38. The first-order valence-electron chi connectivity index (χ1n) is 6.85. The Hall–Kier alpha value is -1.70. The number of carbonyl (C=O) groups is 1. The van der Waals surface area contributed by atoms with Gasteiger partial charge in [-0.1, -0.05) is 0 Å². The number of hydrogen-bond acceptors (Lipinski definition) is 6. The van der Waals surface area contributed by atoms with E-state index in [1.807, 2.05) is 24.4 Å². The van der Waals surface area contributed by atoms with Crippen molar-refractivity contribution in [3.05, 3.63) is 22.5 Å². The lowest BCUT2D eigenvalue weighted by Gasteiger charge is -2.08. The zero-order valence-corrected chi connectivity index (χ0v) is 14.0. The van der Waals surface area contributed by atoms with E-state index in [0.29, 0.717) is 13.2 Å². The molecule has 1 amide bonds. The molecular formula is C15H16N2O3S2. The van der Waals surface area contributed by atoms with Gasteiger partial charge < -0.3 is 14.8 Å². The van der Waals surface area contributed by atoms with E-state index in [0.717, 1.165) is 31.1 Å². The Labute approximate surface area is 135 Å². The molecule has 0 saturated heterocycles. The number of thiazole rings is 1. The molecule has 0 radical (unpaired) electrons. The van der Waals surface area contributed by atoms with Gasteiger partial charge in [0.05, 0.1) is 26.5 Å². The molecule has 2 heterocycles. The van der Waals surface area contributed by atoms with E-state index in [2.05, 4.69) is 10.3 Å². The number of fused-ring (bicyclic) bond motifs is 3. The van der Waals surface area contributed by atoms with Crippen LogP contribution >= 0.6 is 22.7 Å². The predicted octanol–water partition coefficient (Wildman–Crippen LogP) is 2.96. The molecule has 0 atom stereocenters. The molecule has 1 N–H and O–H groups in total. The average Bonchev–Trinajstić information content (AvgIpc) is 3.10. The molecule has 0 aliphatic heterocycles. The number of nitrogens with zero attached hydrogens (tertiary/aromatic N) is 1. The normalized spacial score (nSPS) is 11.2. The first kappa shape index (κ1) is 15.2. The van der Waals surface area contributed by atoms with Crippen molar-refractivity contribution in [1.82, 2.24) is 10.3 Å². The summed E-state index contributed by atoms with van der Waals surface area (Å²) in [7, 11) is 1.60. The fourth-order valence-corrected chi connectivity index (χ4v) is 4.03. The number of thiophene rings is 1. The lowest BCUT2D eigenvalue weighted by atomic mass is 10.2. The number of carbonyl (C=O) groups excluding carboxylic acids is 1. The van der Waals surface area contributed by atoms with Crippen LogP contribution in [0, 0.1) is 6.92 Å². The summed E-state index contributed by atoms with van der Waals surface area (Å²) in [5.74, 6) is 0.579. The number of rotatable bonds is 6. The third-order valence-electron chi connectivity index (χ3n) is 3.16. The fourth-order valence-electron chi connectivity index (χ4n) is 2.19. The Morgan fingerprint density at radius 2 is 2.32 bits per heavy atom. The first-order valence-corrected chi connectivity index (χ1v) is 8.54. The third-order valence-corrected chi connectivity index (χ3v) is 4.99. The van der Waals surface area contributed by atoms with Crippen LogP contribution in [0.4, 0.5) is 0 Å². The monoisotopic (exact) mass is 336 g/mol. The summed E-state index contributed by atoms with van der Waals surface area (Å²) < 4.78 is 12.8. The average molecular weight is 336 g/mol. The lowest BCUT2D eigenvalue weighted by Crippen LogP contribution is -2.31. The highest BCUT2D eigenvalue weighted by atomic mass is 32.1. The van der Waals surface area contributed by atoms with Crippen molar-refractivity contribution in [2.75, 3.05) is 26.9 Å². The minimum atomic E-state index is -0.152. The number of aryl methyl sites for hydroxylation is 1. The van der Waals surface area contributed by atoms with E-state index in [9.17, 15) is 4.79 Å². The number of methoxy groups -OCH3 is 1. The highest BCUT2D eigenvalue weighted by molar-refractivity contribution is 7.21. The molecule has 2 aromatic heterocycles. The molecule has 7 heteroatoms. The number of amides is 1. The molecule has 116 valence electrons. The van der Waals surface area contributed by atoms with E-state index in [4.69, 9.17) is 9.47 Å². The van der Waals surface area contributed by atoms with Crippen molar-refractivity contribution in [1.29, 1.82) is 0 Å². The molecule has 0 unspecified atom stereocenters. The maximum absolute atomic E-state index is 11.7. The molecule has 0 spiro atoms. The number of hydrogen-bond donors (Lipinski definition) is 1. The van der Waals surface area contributed by atoms with E-state index < -0.39 is 0 Å². The minimum absolute atomic E-state index is 0.00203. The van der Waals surface area contributed by atoms with Gasteiger partial charge in [0.2, 0.25) is 0 Å². The standard InChI is InChI=1S/C15H16N2O3S2/c1-9-17-14-12(22-9)7-11(10-3-6-21-15(10)14)20-8-13(18)16-4-5-19-2/h3,6-7H,4-5,8H2,1-2H3,(H,16,18). The van der Waals surface area contributed by atoms with Crippen LogP contribution < -0.4 is 10.1 Å². The fraction of sp³-hybridized carbons (Fsp3) is 0.333. The second-order valence-corrected chi connectivity index (χ2v) is 6.90. The molecular weight excluding hydrogens is 320 g/mol. The Morgan fingerprint density at radius 1 is 1.45 bits per heavy atom. The summed E-state index contributed by atoms with van der Waals surface area (Å²) in [4.78, 5) is 16.3. The van der Waals surface area contributed by atoms with Crippen molar-refractivity contribution in [3.8, 4) is 5.75 Å². The SMILES string of the molecule is COCCNC(=O)COc1cc2sc(C)nc2c2sccc12. The Morgan fingerprint density at radius 3 is 3.14 bits per heavy atom. The van der Waals surface area contributed by atoms with Crippen LogP contribution in [0.1, 0.15) is 5.01 Å². The van der Waals surface area contributed by atoms with Crippen molar-refractivity contribution < 1.29 is 14.3 Å². The molecule has 3 rings (SSSR count). The van der Waals surface area contributed by atoms with Gasteiger partial charge in [-0.15, -0.1) is 22.7 Å². The van der Waals surface area contributed by atoms with E-state index in [-0.39, 0.29) is 12.5 Å². The topological polar surface area (TPSA) is 60.5 Å². The molecule has 0 bridgehead atoms. The van der Waals surface area contributed by atoms with Gasteiger partial charge in [0.15, 0.2) is 6.61 Å². The van der Waals surface area contributed by atoms with Crippen LogP contribution in [0.25, 0.3) is 20.3 Å². The molecule has 0 fully saturated rings. The molecule has 5 nitrogen and oxygen atoms in total. The number of aromatic nitrogens is 1. The van der Waals surface area contributed by atoms with Gasteiger partial charge in [-0.2, -0.15) is 0 Å². The second-order valence-electron chi connectivity index (χ2n) is 4.75. The maximum atomic E-state index is 11.7. The summed E-state index contributed by atoms with van der Waals surface area (Å²) in [5, 5.41) is 6.79. The summed E-state index contributed by atoms with van der Waals surface area (Å²) >= 11 is 3.28. The van der Waals surface area contributed by atoms with Crippen LogP contribution in [-0.2, 0) is 9.53 Å². The zero-order valence-electron chi connectivity index (χ0n) is 12.3. The van der Waals surface area contributed by atoms with Gasteiger partial charge in [-0.25, -0.2) is 4.98 Å². The van der Waals surface area contributed by atoms with Gasteiger partial charge >= 0.3 is 0 Å². The van der Waals surface area contributed by atoms with Crippen molar-refractivity contribution >= 4 is 48.9 Å². The van der Waals surface area contributed by atoms with Crippen molar-refractivity contribution in [2.24, 2.45) is 0 Å². The highest BCUT2D eigenvalue weighted by Gasteiger charge is 2.13. The lowest BCUT2D eigenvalue weighted by molar-refractivity contribution is -0.123. The van der Waals surface area contributed by atoms with Gasteiger partial charge in [0.1, 0.15) is 5.75 Å². The van der Waals surface area contributed by atoms with Crippen LogP contribution in [-0.4, -0.2) is 37.8 Å². The quantitative estimate of drug-likeness (QED) is 0.703. The van der Waals surface area contributed by atoms with Gasteiger partial charge in [0.25, 0.3) is 5.91 Å². The molecule has 1 aromatic carbocycles. The Kier molecular flexibility index (Phi) is 4.56. The van der Waals surface area contributed by atoms with Crippen LogP contribution in [0.2, 0.25) is 0 Å². The van der Waals surface area contributed by atoms with Crippen molar-refractivity contribution in [2.45, 2.75) is 6.92 Å². The maximum Gasteiger partial charge on any atom is 0.258 e. The number of benzene rings is 1. The molecule has 22 heavy (non-hydrogen) atoms. The number of ether oxygens (including phenoxy) is 2. The largest absolute Gasteiger partial charge is 0.483 e. The summed E-state index contributed by atoms with van der Waals surface area (Å²) in [6.45, 7) is 2.97. The zero-order chi connectivity index (χ0) is 15.5. The first-order chi connectivity index (χ1) is 10.7. The summed E-state index contributed by atoms with van der Waals surface area (Å²) in [6.07, 6.45) is 0. The molecule has 3 aromatic rings. The smallest absolute Gasteiger partial charge is 0.258 e. The van der Waals surface area contributed by atoms with E-state index in [1.165, 1.54) is 0 Å². The Bertz CT molecular complexity index is 810. The van der Waals surface area contributed by atoms with Crippen LogP contribution in [0.15, 0.2) is 17.5 Å². The van der Waals surface area contributed by atoms with Gasteiger partial charge in [-0.3, -0.25) is 4.79 Å². The van der Waals surface area contributed by atoms with Crippen LogP contribution in [0.3, 0.4) is 0 Å².